The monoisotopic (exact) mass is 875 g/mol. The van der Waals surface area contributed by atoms with Crippen molar-refractivity contribution in [3.63, 3.8) is 0 Å². The van der Waals surface area contributed by atoms with Crippen LogP contribution in [0.1, 0.15) is 191 Å². The molecule has 64 heavy (non-hydrogen) atoms. The molecule has 1 aliphatic rings. The van der Waals surface area contributed by atoms with E-state index in [1.54, 1.807) is 0 Å². The van der Waals surface area contributed by atoms with E-state index in [9.17, 15) is 0 Å². The van der Waals surface area contributed by atoms with Crippen LogP contribution < -0.4 is 29.6 Å². The van der Waals surface area contributed by atoms with Gasteiger partial charge < -0.3 is 29.6 Å². The Morgan fingerprint density at radius 2 is 0.547 bits per heavy atom. The van der Waals surface area contributed by atoms with Crippen molar-refractivity contribution in [2.24, 2.45) is 0 Å². The molecule has 0 aliphatic heterocycles. The molecule has 352 valence electrons. The van der Waals surface area contributed by atoms with E-state index in [0.717, 1.165) is 58.3 Å². The van der Waals surface area contributed by atoms with E-state index in [2.05, 4.69) is 184 Å². The number of hydrogen-bond acceptors (Lipinski definition) is 6. The largest absolute Gasteiger partial charge is 0.496 e. The molecule has 0 unspecified atom stereocenters. The van der Waals surface area contributed by atoms with Gasteiger partial charge in [0.05, 0.1) is 14.2 Å². The Morgan fingerprint density at radius 1 is 0.344 bits per heavy atom. The Labute approximate surface area is 390 Å². The van der Waals surface area contributed by atoms with E-state index in [1.807, 2.05) is 14.2 Å². The molecule has 6 heteroatoms. The molecule has 0 saturated heterocycles. The van der Waals surface area contributed by atoms with Crippen molar-refractivity contribution in [1.82, 2.24) is 10.6 Å². The van der Waals surface area contributed by atoms with E-state index in [1.165, 1.54) is 44.5 Å². The lowest BCUT2D eigenvalue weighted by Crippen LogP contribution is -2.38. The standard InChI is InChI=1S/C58H86N2O4/c1-53(2,3)45-29-37-25-41-33-47(55(7,8)9)35-43(51(41)63-23-21-59-57(13,14)15)27-39-31-46(54(4,5)6)32-40(50(39)62-20)28-44-36-48(56(10,11)12)34-42(26-38(30-45)49(37)61-19)52(44)64-24-22-60-58(16,17)18/h29-36,59-60H,21-28H2,1-20H3. The molecular formula is C58H86N2O4. The van der Waals surface area contributed by atoms with Gasteiger partial charge in [-0.15, -0.1) is 0 Å². The second-order valence-electron chi connectivity index (χ2n) is 24.7. The van der Waals surface area contributed by atoms with Crippen LogP contribution in [0.2, 0.25) is 0 Å². The maximum Gasteiger partial charge on any atom is 0.126 e. The molecule has 1 aliphatic carbocycles. The molecule has 0 aromatic heterocycles. The molecule has 0 amide bonds. The molecule has 6 nitrogen and oxygen atoms in total. The number of benzene rings is 4. The lowest BCUT2D eigenvalue weighted by atomic mass is 9.79. The van der Waals surface area contributed by atoms with Crippen molar-refractivity contribution in [1.29, 1.82) is 0 Å². The van der Waals surface area contributed by atoms with Crippen LogP contribution in [-0.4, -0.2) is 51.6 Å². The van der Waals surface area contributed by atoms with E-state index in [-0.39, 0.29) is 32.7 Å². The van der Waals surface area contributed by atoms with Gasteiger partial charge in [0.2, 0.25) is 0 Å². The fourth-order valence-electron chi connectivity index (χ4n) is 8.67. The SMILES string of the molecule is COc1c2cc(C(C)(C)C)cc1Cc1cc(C(C)(C)C)cc(c1OCCNC(C)(C)C)Cc1cc(C(C)(C)C)cc(c1OC)Cc1cc(C(C)(C)C)cc(c1OCCNC(C)(C)C)C2. The van der Waals surface area contributed by atoms with E-state index < -0.39 is 0 Å². The Morgan fingerprint density at radius 3 is 0.719 bits per heavy atom. The molecule has 0 spiro atoms. The van der Waals surface area contributed by atoms with Gasteiger partial charge in [-0.25, -0.2) is 0 Å². The summed E-state index contributed by atoms with van der Waals surface area (Å²) in [5.74, 6) is 3.75. The van der Waals surface area contributed by atoms with E-state index >= 15 is 0 Å². The third-order valence-electron chi connectivity index (χ3n) is 12.4. The minimum Gasteiger partial charge on any atom is -0.496 e. The van der Waals surface area contributed by atoms with Crippen LogP contribution in [0.25, 0.3) is 0 Å². The van der Waals surface area contributed by atoms with Crippen molar-refractivity contribution in [3.8, 4) is 23.0 Å². The normalized spacial score (nSPS) is 14.1. The molecule has 5 rings (SSSR count). The maximum atomic E-state index is 7.06. The lowest BCUT2D eigenvalue weighted by Gasteiger charge is -2.29. The average Bonchev–Trinajstić information content (AvgIpc) is 3.13. The third kappa shape index (κ3) is 13.1. The highest BCUT2D eigenvalue weighted by atomic mass is 16.5. The van der Waals surface area contributed by atoms with Crippen LogP contribution in [0.5, 0.6) is 23.0 Å². The van der Waals surface area contributed by atoms with E-state index in [4.69, 9.17) is 18.9 Å². The van der Waals surface area contributed by atoms with Crippen LogP contribution >= 0.6 is 0 Å². The van der Waals surface area contributed by atoms with Gasteiger partial charge >= 0.3 is 0 Å². The number of rotatable bonds is 10. The summed E-state index contributed by atoms with van der Waals surface area (Å²) in [4.78, 5) is 0. The summed E-state index contributed by atoms with van der Waals surface area (Å²) >= 11 is 0. The summed E-state index contributed by atoms with van der Waals surface area (Å²) in [5.41, 5.74) is 14.0. The Balaban J connectivity index is 1.93. The maximum absolute atomic E-state index is 7.06. The number of methoxy groups -OCH3 is 2. The summed E-state index contributed by atoms with van der Waals surface area (Å²) < 4.78 is 27.3. The van der Waals surface area contributed by atoms with Crippen LogP contribution in [0.3, 0.4) is 0 Å². The number of ether oxygens (including phenoxy) is 4. The quantitative estimate of drug-likeness (QED) is 0.136. The smallest absolute Gasteiger partial charge is 0.126 e. The summed E-state index contributed by atoms with van der Waals surface area (Å²) in [6.07, 6.45) is 2.61. The fourth-order valence-corrected chi connectivity index (χ4v) is 8.67. The summed E-state index contributed by atoms with van der Waals surface area (Å²) in [6, 6.07) is 19.1. The fraction of sp³-hybridized carbons (Fsp3) is 0.586. The van der Waals surface area contributed by atoms with Gasteiger partial charge in [-0.2, -0.15) is 0 Å². The molecule has 0 fully saturated rings. The summed E-state index contributed by atoms with van der Waals surface area (Å²) in [5, 5.41) is 7.32. The van der Waals surface area contributed by atoms with Gasteiger partial charge in [-0.05, 0) is 130 Å². The summed E-state index contributed by atoms with van der Waals surface area (Å²) in [7, 11) is 3.67. The number of nitrogens with one attached hydrogen (secondary N) is 2. The zero-order chi connectivity index (χ0) is 47.8. The Bertz CT molecular complexity index is 2000. The second kappa shape index (κ2) is 19.1. The molecule has 0 heterocycles. The highest BCUT2D eigenvalue weighted by molar-refractivity contribution is 5.60. The van der Waals surface area contributed by atoms with Crippen molar-refractivity contribution >= 4 is 0 Å². The van der Waals surface area contributed by atoms with Crippen LogP contribution in [-0.2, 0) is 47.3 Å². The first-order valence-electron chi connectivity index (χ1n) is 23.9. The van der Waals surface area contributed by atoms with Crippen molar-refractivity contribution in [2.45, 2.75) is 183 Å². The van der Waals surface area contributed by atoms with Gasteiger partial charge in [-0.3, -0.25) is 0 Å². The zero-order valence-corrected chi connectivity index (χ0v) is 43.9. The van der Waals surface area contributed by atoms with Crippen LogP contribution in [0.4, 0.5) is 0 Å². The molecule has 0 saturated carbocycles. The average molecular weight is 875 g/mol. The highest BCUT2D eigenvalue weighted by Crippen LogP contribution is 2.44. The molecule has 2 N–H and O–H groups in total. The number of hydrogen-bond donors (Lipinski definition) is 2. The minimum atomic E-state index is -0.104. The predicted octanol–water partition coefficient (Wildman–Crippen LogP) is 13.1. The van der Waals surface area contributed by atoms with Gasteiger partial charge in [0.25, 0.3) is 0 Å². The first-order chi connectivity index (χ1) is 29.4. The van der Waals surface area contributed by atoms with Crippen LogP contribution in [0.15, 0.2) is 48.5 Å². The van der Waals surface area contributed by atoms with Crippen LogP contribution in [0, 0.1) is 0 Å². The zero-order valence-electron chi connectivity index (χ0n) is 43.9. The van der Waals surface area contributed by atoms with Gasteiger partial charge in [0, 0.05) is 49.9 Å². The van der Waals surface area contributed by atoms with Gasteiger partial charge in [0.15, 0.2) is 0 Å². The van der Waals surface area contributed by atoms with Crippen molar-refractivity contribution in [2.75, 3.05) is 40.5 Å². The Kier molecular flexibility index (Phi) is 15.2. The second-order valence-corrected chi connectivity index (χ2v) is 24.7. The van der Waals surface area contributed by atoms with Crippen molar-refractivity contribution < 1.29 is 18.9 Å². The molecule has 0 atom stereocenters. The topological polar surface area (TPSA) is 61.0 Å². The lowest BCUT2D eigenvalue weighted by molar-refractivity contribution is 0.286. The molecule has 4 aromatic rings. The molecule has 8 bridgehead atoms. The van der Waals surface area contributed by atoms with E-state index in [0.29, 0.717) is 38.9 Å². The third-order valence-corrected chi connectivity index (χ3v) is 12.4. The molecule has 0 radical (unpaired) electrons. The van der Waals surface area contributed by atoms with Gasteiger partial charge in [-0.1, -0.05) is 132 Å². The predicted molar refractivity (Wildman–Crippen MR) is 271 cm³/mol. The summed E-state index contributed by atoms with van der Waals surface area (Å²) in [6.45, 7) is 43.5. The minimum absolute atomic E-state index is 0.0232. The first kappa shape index (κ1) is 51.0. The number of fused-ring (bicyclic) bond motifs is 8. The first-order valence-corrected chi connectivity index (χ1v) is 23.9. The molecular weight excluding hydrogens is 789 g/mol. The molecule has 4 aromatic carbocycles. The van der Waals surface area contributed by atoms with Gasteiger partial charge in [0.1, 0.15) is 36.2 Å². The Hall–Kier alpha value is -4.00. The van der Waals surface area contributed by atoms with Crippen molar-refractivity contribution in [3.05, 3.63) is 115 Å². The highest BCUT2D eigenvalue weighted by Gasteiger charge is 2.29.